The number of hydrogen-bond donors (Lipinski definition) is 3. The standard InChI is InChI=1S/C23H23F3N4O/c1-4-31-30-14(3)18-12-16(11-15-9-10-28-23(27)20(15)25)19(24)21(26)22(18)29-17-7-5-13(2)6-8-17/h5-10,12,29-30H,3-4,11H2,1-2H3,(H2,27,28). The van der Waals surface area contributed by atoms with E-state index in [4.69, 9.17) is 10.6 Å². The lowest BCUT2D eigenvalue weighted by atomic mass is 9.99. The van der Waals surface area contributed by atoms with Crippen molar-refractivity contribution in [1.82, 2.24) is 10.5 Å². The number of nitrogens with two attached hydrogens (primary N) is 1. The average Bonchev–Trinajstić information content (AvgIpc) is 2.76. The van der Waals surface area contributed by atoms with Gasteiger partial charge in [0.1, 0.15) is 0 Å². The Morgan fingerprint density at radius 3 is 2.45 bits per heavy atom. The average molecular weight is 428 g/mol. The van der Waals surface area contributed by atoms with Crippen molar-refractivity contribution < 1.29 is 18.0 Å². The van der Waals surface area contributed by atoms with Crippen LogP contribution in [-0.4, -0.2) is 11.6 Å². The molecule has 1 aromatic heterocycles. The van der Waals surface area contributed by atoms with Crippen LogP contribution in [-0.2, 0) is 11.3 Å². The first-order valence-electron chi connectivity index (χ1n) is 9.62. The molecular weight excluding hydrogens is 405 g/mol. The fourth-order valence-corrected chi connectivity index (χ4v) is 3.01. The minimum atomic E-state index is -1.12. The number of nitrogens with one attached hydrogen (secondary N) is 2. The van der Waals surface area contributed by atoms with Crippen LogP contribution in [0, 0.1) is 24.4 Å². The van der Waals surface area contributed by atoms with E-state index in [1.54, 1.807) is 19.1 Å². The number of aryl methyl sites for hydroxylation is 1. The van der Waals surface area contributed by atoms with E-state index < -0.39 is 17.5 Å². The Morgan fingerprint density at radius 2 is 1.77 bits per heavy atom. The Kier molecular flexibility index (Phi) is 6.81. The van der Waals surface area contributed by atoms with Crippen LogP contribution in [0.4, 0.5) is 30.4 Å². The molecule has 31 heavy (non-hydrogen) atoms. The zero-order valence-electron chi connectivity index (χ0n) is 17.2. The highest BCUT2D eigenvalue weighted by Crippen LogP contribution is 2.33. The zero-order valence-corrected chi connectivity index (χ0v) is 17.2. The molecule has 3 rings (SSSR count). The maximum absolute atomic E-state index is 15.2. The number of benzene rings is 2. The van der Waals surface area contributed by atoms with Crippen molar-refractivity contribution in [2.45, 2.75) is 20.3 Å². The van der Waals surface area contributed by atoms with Crippen LogP contribution in [0.5, 0.6) is 0 Å². The topological polar surface area (TPSA) is 72.2 Å². The molecule has 0 radical (unpaired) electrons. The van der Waals surface area contributed by atoms with Crippen molar-refractivity contribution in [2.24, 2.45) is 0 Å². The van der Waals surface area contributed by atoms with Crippen molar-refractivity contribution in [1.29, 1.82) is 0 Å². The van der Waals surface area contributed by atoms with Gasteiger partial charge in [0.05, 0.1) is 18.0 Å². The minimum Gasteiger partial charge on any atom is -0.381 e. The molecule has 4 N–H and O–H groups in total. The van der Waals surface area contributed by atoms with Crippen LogP contribution < -0.4 is 16.5 Å². The van der Waals surface area contributed by atoms with Gasteiger partial charge in [-0.25, -0.2) is 18.2 Å². The summed E-state index contributed by atoms with van der Waals surface area (Å²) in [6, 6.07) is 9.95. The van der Waals surface area contributed by atoms with Gasteiger partial charge in [-0.2, -0.15) is 0 Å². The van der Waals surface area contributed by atoms with Crippen LogP contribution in [0.15, 0.2) is 49.2 Å². The molecular formula is C23H23F3N4O. The first-order valence-corrected chi connectivity index (χ1v) is 9.62. The van der Waals surface area contributed by atoms with Gasteiger partial charge in [0.25, 0.3) is 0 Å². The molecule has 1 heterocycles. The normalized spacial score (nSPS) is 10.7. The molecule has 0 aliphatic rings. The number of hydroxylamine groups is 1. The van der Waals surface area contributed by atoms with E-state index in [0.29, 0.717) is 12.3 Å². The first kappa shape index (κ1) is 22.2. The Labute approximate surface area is 178 Å². The molecule has 0 bridgehead atoms. The zero-order chi connectivity index (χ0) is 22.5. The van der Waals surface area contributed by atoms with E-state index in [9.17, 15) is 8.78 Å². The molecule has 162 valence electrons. The summed E-state index contributed by atoms with van der Waals surface area (Å²) in [7, 11) is 0. The summed E-state index contributed by atoms with van der Waals surface area (Å²) in [5.74, 6) is -3.29. The van der Waals surface area contributed by atoms with Gasteiger partial charge in [0, 0.05) is 23.9 Å². The fraction of sp³-hybridized carbons (Fsp3) is 0.174. The van der Waals surface area contributed by atoms with Crippen LogP contribution in [0.1, 0.15) is 29.2 Å². The molecule has 0 spiro atoms. The van der Waals surface area contributed by atoms with E-state index in [1.165, 1.54) is 18.3 Å². The molecule has 0 aliphatic carbocycles. The molecule has 2 aromatic carbocycles. The molecule has 0 aliphatic heterocycles. The smallest absolute Gasteiger partial charge is 0.183 e. The van der Waals surface area contributed by atoms with Crippen LogP contribution in [0.3, 0.4) is 0 Å². The van der Waals surface area contributed by atoms with Crippen molar-refractivity contribution in [3.8, 4) is 0 Å². The van der Waals surface area contributed by atoms with E-state index in [0.717, 1.165) is 5.56 Å². The Bertz CT molecular complexity index is 1100. The summed E-state index contributed by atoms with van der Waals surface area (Å²) in [4.78, 5) is 8.81. The number of hydrogen-bond acceptors (Lipinski definition) is 5. The Balaban J connectivity index is 2.07. The summed E-state index contributed by atoms with van der Waals surface area (Å²) in [5.41, 5.74) is 10.1. The molecule has 0 atom stereocenters. The van der Waals surface area contributed by atoms with Crippen molar-refractivity contribution >= 4 is 22.9 Å². The van der Waals surface area contributed by atoms with Gasteiger partial charge in [0.15, 0.2) is 23.3 Å². The van der Waals surface area contributed by atoms with Gasteiger partial charge in [0.2, 0.25) is 0 Å². The number of rotatable bonds is 8. The van der Waals surface area contributed by atoms with E-state index in [2.05, 4.69) is 22.4 Å². The van der Waals surface area contributed by atoms with Gasteiger partial charge >= 0.3 is 0 Å². The largest absolute Gasteiger partial charge is 0.381 e. The molecule has 0 saturated carbocycles. The lowest BCUT2D eigenvalue weighted by molar-refractivity contribution is 0.0901. The van der Waals surface area contributed by atoms with Crippen molar-refractivity contribution in [3.05, 3.63) is 88.9 Å². The number of nitrogens with zero attached hydrogens (tertiary/aromatic N) is 1. The predicted octanol–water partition coefficient (Wildman–Crippen LogP) is 5.24. The van der Waals surface area contributed by atoms with Crippen LogP contribution in [0.2, 0.25) is 0 Å². The lowest BCUT2D eigenvalue weighted by Gasteiger charge is -2.19. The Morgan fingerprint density at radius 1 is 1.06 bits per heavy atom. The summed E-state index contributed by atoms with van der Waals surface area (Å²) in [6.45, 7) is 7.87. The van der Waals surface area contributed by atoms with Gasteiger partial charge < -0.3 is 11.1 Å². The second kappa shape index (κ2) is 9.53. The molecule has 0 amide bonds. The second-order valence-corrected chi connectivity index (χ2v) is 6.94. The van der Waals surface area contributed by atoms with Crippen molar-refractivity contribution in [3.63, 3.8) is 0 Å². The lowest BCUT2D eigenvalue weighted by Crippen LogP contribution is -2.15. The number of anilines is 3. The van der Waals surface area contributed by atoms with Gasteiger partial charge in [-0.15, -0.1) is 0 Å². The van der Waals surface area contributed by atoms with Gasteiger partial charge in [-0.3, -0.25) is 10.3 Å². The van der Waals surface area contributed by atoms with E-state index in [1.807, 2.05) is 19.1 Å². The second-order valence-electron chi connectivity index (χ2n) is 6.94. The molecule has 8 heteroatoms. The number of nitrogen functional groups attached to an aromatic ring is 1. The SMILES string of the molecule is C=C(NOCC)c1cc(Cc2ccnc(N)c2F)c(F)c(F)c1Nc1ccc(C)cc1. The highest BCUT2D eigenvalue weighted by atomic mass is 19.2. The highest BCUT2D eigenvalue weighted by Gasteiger charge is 2.22. The maximum atomic E-state index is 15.2. The number of pyridine rings is 1. The fourth-order valence-electron chi connectivity index (χ4n) is 3.01. The third-order valence-corrected chi connectivity index (χ3v) is 4.64. The molecule has 0 fully saturated rings. The summed E-state index contributed by atoms with van der Waals surface area (Å²) in [6.07, 6.45) is 1.09. The van der Waals surface area contributed by atoms with E-state index in [-0.39, 0.29) is 40.3 Å². The number of aromatic nitrogens is 1. The third-order valence-electron chi connectivity index (χ3n) is 4.64. The monoisotopic (exact) mass is 428 g/mol. The first-order chi connectivity index (χ1) is 14.8. The van der Waals surface area contributed by atoms with Crippen LogP contribution >= 0.6 is 0 Å². The van der Waals surface area contributed by atoms with Crippen LogP contribution in [0.25, 0.3) is 5.70 Å². The quantitative estimate of drug-likeness (QED) is 0.428. The van der Waals surface area contributed by atoms with Gasteiger partial charge in [-0.1, -0.05) is 24.3 Å². The molecule has 5 nitrogen and oxygen atoms in total. The summed E-state index contributed by atoms with van der Waals surface area (Å²) in [5, 5.41) is 2.90. The molecule has 0 saturated heterocycles. The summed E-state index contributed by atoms with van der Waals surface area (Å²) >= 11 is 0. The minimum absolute atomic E-state index is 0.0640. The third kappa shape index (κ3) is 4.97. The highest BCUT2D eigenvalue weighted by molar-refractivity contribution is 5.78. The van der Waals surface area contributed by atoms with Gasteiger partial charge in [-0.05, 0) is 49.2 Å². The Hall–Kier alpha value is -3.52. The number of halogens is 3. The molecule has 3 aromatic rings. The van der Waals surface area contributed by atoms with E-state index >= 15 is 4.39 Å². The predicted molar refractivity (Wildman–Crippen MR) is 116 cm³/mol. The molecule has 0 unspecified atom stereocenters. The summed E-state index contributed by atoms with van der Waals surface area (Å²) < 4.78 is 44.4. The van der Waals surface area contributed by atoms with Crippen molar-refractivity contribution in [2.75, 3.05) is 17.7 Å². The maximum Gasteiger partial charge on any atom is 0.183 e.